The molecule has 0 amide bonds. The monoisotopic (exact) mass is 315 g/mol. The molecule has 1 saturated carbocycles. The number of hydrogen-bond acceptors (Lipinski definition) is 5. The Bertz CT molecular complexity index is 732. The molecule has 0 unspecified atom stereocenters. The van der Waals surface area contributed by atoms with Crippen molar-refractivity contribution in [3.8, 4) is 5.88 Å². The summed E-state index contributed by atoms with van der Waals surface area (Å²) in [7, 11) is 1.49. The van der Waals surface area contributed by atoms with E-state index in [0.717, 1.165) is 35.7 Å². The molecule has 23 heavy (non-hydrogen) atoms. The minimum absolute atomic E-state index is 0.136. The van der Waals surface area contributed by atoms with Gasteiger partial charge in [-0.3, -0.25) is 0 Å². The van der Waals surface area contributed by atoms with Crippen LogP contribution in [-0.2, 0) is 10.2 Å². The first kappa shape index (κ1) is 15.7. The molecule has 1 aromatic heterocycles. The number of esters is 1. The van der Waals surface area contributed by atoms with Crippen molar-refractivity contribution >= 4 is 16.9 Å². The fourth-order valence-corrected chi connectivity index (χ4v) is 3.13. The van der Waals surface area contributed by atoms with Gasteiger partial charge in [-0.05, 0) is 37.5 Å². The number of methoxy groups -OCH3 is 1. The summed E-state index contributed by atoms with van der Waals surface area (Å²) < 4.78 is 10.3. The molecule has 0 atom stereocenters. The molecule has 2 aromatic rings. The molecule has 0 saturated heterocycles. The van der Waals surface area contributed by atoms with Crippen LogP contribution in [0, 0.1) is 0 Å². The minimum atomic E-state index is -0.436. The highest BCUT2D eigenvalue weighted by Crippen LogP contribution is 2.44. The van der Waals surface area contributed by atoms with Gasteiger partial charge in [-0.25, -0.2) is 9.78 Å². The maximum atomic E-state index is 12.0. The Kier molecular flexibility index (Phi) is 4.22. The molecular weight excluding hydrogens is 294 g/mol. The van der Waals surface area contributed by atoms with E-state index in [1.54, 1.807) is 13.0 Å². The molecule has 1 N–H and O–H groups in total. The number of carbonyl (C=O) groups excluding carboxylic acids is 1. The third-order valence-electron chi connectivity index (χ3n) is 4.70. The molecule has 5 heteroatoms. The van der Waals surface area contributed by atoms with Gasteiger partial charge in [-0.2, -0.15) is 0 Å². The number of aliphatic hydroxyl groups excluding tert-OH is 1. The number of benzene rings is 1. The van der Waals surface area contributed by atoms with Crippen molar-refractivity contribution in [2.75, 3.05) is 20.3 Å². The Morgan fingerprint density at radius 2 is 2.13 bits per heavy atom. The normalized spacial score (nSPS) is 16.0. The Balaban J connectivity index is 2.07. The summed E-state index contributed by atoms with van der Waals surface area (Å²) in [6.45, 7) is 2.21. The molecule has 5 nitrogen and oxygen atoms in total. The quantitative estimate of drug-likeness (QED) is 0.859. The molecular formula is C18H21NO4. The summed E-state index contributed by atoms with van der Waals surface area (Å²) >= 11 is 0. The highest BCUT2D eigenvalue weighted by Gasteiger charge is 2.38. The van der Waals surface area contributed by atoms with Crippen molar-refractivity contribution in [1.29, 1.82) is 0 Å². The number of ether oxygens (including phenoxy) is 2. The van der Waals surface area contributed by atoms with Gasteiger partial charge < -0.3 is 14.6 Å². The standard InChI is InChI=1S/C18H21NO4/c1-3-23-17(21)14-9-12-5-6-13(18(11-20)7-4-8-18)10-15(12)19-16(14)22-2/h5-6,9-10,20H,3-4,7-8,11H2,1-2H3. The molecule has 1 fully saturated rings. The number of aliphatic hydroxyl groups is 1. The average molecular weight is 315 g/mol. The van der Waals surface area contributed by atoms with E-state index in [-0.39, 0.29) is 17.9 Å². The zero-order valence-electron chi connectivity index (χ0n) is 13.5. The Morgan fingerprint density at radius 3 is 2.70 bits per heavy atom. The highest BCUT2D eigenvalue weighted by molar-refractivity contribution is 5.96. The fourth-order valence-electron chi connectivity index (χ4n) is 3.13. The van der Waals surface area contributed by atoms with Crippen LogP contribution < -0.4 is 4.74 Å². The van der Waals surface area contributed by atoms with Gasteiger partial charge in [0.05, 0.1) is 25.8 Å². The van der Waals surface area contributed by atoms with Gasteiger partial charge in [-0.1, -0.05) is 18.6 Å². The van der Waals surface area contributed by atoms with Crippen LogP contribution in [-0.4, -0.2) is 36.4 Å². The molecule has 0 spiro atoms. The van der Waals surface area contributed by atoms with E-state index in [1.807, 2.05) is 18.2 Å². The van der Waals surface area contributed by atoms with Crippen LogP contribution in [0.25, 0.3) is 10.9 Å². The molecule has 1 aliphatic rings. The number of pyridine rings is 1. The number of aromatic nitrogens is 1. The number of carbonyl (C=O) groups is 1. The van der Waals surface area contributed by atoms with Crippen molar-refractivity contribution in [2.24, 2.45) is 0 Å². The van der Waals surface area contributed by atoms with Gasteiger partial charge in [0.25, 0.3) is 0 Å². The van der Waals surface area contributed by atoms with E-state index >= 15 is 0 Å². The average Bonchev–Trinajstić information content (AvgIpc) is 2.53. The van der Waals surface area contributed by atoms with Crippen LogP contribution in [0.3, 0.4) is 0 Å². The number of hydrogen-bond donors (Lipinski definition) is 1. The van der Waals surface area contributed by atoms with Crippen molar-refractivity contribution in [1.82, 2.24) is 4.98 Å². The minimum Gasteiger partial charge on any atom is -0.480 e. The second-order valence-corrected chi connectivity index (χ2v) is 5.97. The lowest BCUT2D eigenvalue weighted by Gasteiger charge is -2.40. The Hall–Kier alpha value is -2.14. The summed E-state index contributed by atoms with van der Waals surface area (Å²) in [4.78, 5) is 16.5. The van der Waals surface area contributed by atoms with Crippen LogP contribution in [0.5, 0.6) is 5.88 Å². The largest absolute Gasteiger partial charge is 0.480 e. The van der Waals surface area contributed by atoms with E-state index in [1.165, 1.54) is 7.11 Å². The maximum absolute atomic E-state index is 12.0. The molecule has 1 aromatic carbocycles. The molecule has 1 aliphatic carbocycles. The van der Waals surface area contributed by atoms with Gasteiger partial charge in [0.1, 0.15) is 5.56 Å². The van der Waals surface area contributed by atoms with Crippen LogP contribution in [0.4, 0.5) is 0 Å². The van der Waals surface area contributed by atoms with Crippen molar-refractivity contribution in [3.63, 3.8) is 0 Å². The highest BCUT2D eigenvalue weighted by atomic mass is 16.5. The molecule has 122 valence electrons. The van der Waals surface area contributed by atoms with Gasteiger partial charge in [0.2, 0.25) is 5.88 Å². The SMILES string of the molecule is CCOC(=O)c1cc2ccc(C3(CO)CCC3)cc2nc1OC. The smallest absolute Gasteiger partial charge is 0.343 e. The number of rotatable bonds is 5. The van der Waals surface area contributed by atoms with Crippen molar-refractivity contribution < 1.29 is 19.4 Å². The third-order valence-corrected chi connectivity index (χ3v) is 4.70. The first-order valence-corrected chi connectivity index (χ1v) is 7.91. The van der Waals surface area contributed by atoms with Gasteiger partial charge in [-0.15, -0.1) is 0 Å². The number of fused-ring (bicyclic) bond motifs is 1. The lowest BCUT2D eigenvalue weighted by atomic mass is 9.65. The van der Waals surface area contributed by atoms with Crippen LogP contribution >= 0.6 is 0 Å². The molecule has 3 rings (SSSR count). The van der Waals surface area contributed by atoms with Gasteiger partial charge in [0, 0.05) is 10.8 Å². The van der Waals surface area contributed by atoms with Crippen molar-refractivity contribution in [3.05, 3.63) is 35.4 Å². The summed E-state index contributed by atoms with van der Waals surface area (Å²) in [6, 6.07) is 7.69. The lowest BCUT2D eigenvalue weighted by molar-refractivity contribution is 0.0522. The third kappa shape index (κ3) is 2.65. The predicted molar refractivity (Wildman–Crippen MR) is 86.9 cm³/mol. The van der Waals surface area contributed by atoms with Crippen LogP contribution in [0.2, 0.25) is 0 Å². The van der Waals surface area contributed by atoms with E-state index in [2.05, 4.69) is 4.98 Å². The summed E-state index contributed by atoms with van der Waals surface area (Å²) in [5.74, 6) is -0.173. The predicted octanol–water partition coefficient (Wildman–Crippen LogP) is 2.83. The Labute approximate surface area is 135 Å². The van der Waals surface area contributed by atoms with E-state index in [0.29, 0.717) is 12.2 Å². The van der Waals surface area contributed by atoms with E-state index in [9.17, 15) is 9.90 Å². The van der Waals surface area contributed by atoms with E-state index in [4.69, 9.17) is 9.47 Å². The second-order valence-electron chi connectivity index (χ2n) is 5.97. The Morgan fingerprint density at radius 1 is 1.35 bits per heavy atom. The van der Waals surface area contributed by atoms with Crippen LogP contribution in [0.15, 0.2) is 24.3 Å². The summed E-state index contributed by atoms with van der Waals surface area (Å²) in [5.41, 5.74) is 2.04. The first-order valence-electron chi connectivity index (χ1n) is 7.91. The number of nitrogens with zero attached hydrogens (tertiary/aromatic N) is 1. The summed E-state index contributed by atoms with van der Waals surface area (Å²) in [5, 5.41) is 10.6. The fraction of sp³-hybridized carbons (Fsp3) is 0.444. The van der Waals surface area contributed by atoms with Crippen molar-refractivity contribution in [2.45, 2.75) is 31.6 Å². The molecule has 0 radical (unpaired) electrons. The van der Waals surface area contributed by atoms with Crippen LogP contribution in [0.1, 0.15) is 42.1 Å². The van der Waals surface area contributed by atoms with Gasteiger partial charge >= 0.3 is 5.97 Å². The molecule has 0 aliphatic heterocycles. The molecule has 1 heterocycles. The first-order chi connectivity index (χ1) is 11.1. The summed E-state index contributed by atoms with van der Waals surface area (Å²) in [6.07, 6.45) is 3.12. The van der Waals surface area contributed by atoms with E-state index < -0.39 is 5.97 Å². The second kappa shape index (κ2) is 6.16. The maximum Gasteiger partial charge on any atom is 0.343 e. The molecule has 0 bridgehead atoms. The zero-order valence-corrected chi connectivity index (χ0v) is 13.5. The zero-order chi connectivity index (χ0) is 16.4. The topological polar surface area (TPSA) is 68.7 Å². The van der Waals surface area contributed by atoms with Gasteiger partial charge in [0.15, 0.2) is 0 Å². The lowest BCUT2D eigenvalue weighted by Crippen LogP contribution is -2.37.